The van der Waals surface area contributed by atoms with Gasteiger partial charge in [0.15, 0.2) is 0 Å². The summed E-state index contributed by atoms with van der Waals surface area (Å²) in [5.74, 6) is 0. The average molecular weight is 336 g/mol. The monoisotopic (exact) mass is 336 g/mol. The quantitative estimate of drug-likeness (QED) is 0.423. The van der Waals surface area contributed by atoms with Gasteiger partial charge in [-0.1, -0.05) is 60.7 Å². The molecule has 4 nitrogen and oxygen atoms in total. The van der Waals surface area contributed by atoms with Gasteiger partial charge in [0, 0.05) is 31.4 Å². The molecule has 0 amide bonds. The summed E-state index contributed by atoms with van der Waals surface area (Å²) in [7, 11) is 1.64. The van der Waals surface area contributed by atoms with Gasteiger partial charge in [0.05, 0.1) is 17.7 Å². The summed E-state index contributed by atoms with van der Waals surface area (Å²) in [5.41, 5.74) is 4.53. The first kappa shape index (κ1) is 17.4. The van der Waals surface area contributed by atoms with Crippen LogP contribution in [0, 0.1) is 0 Å². The Morgan fingerprint density at radius 3 is 2.24 bits per heavy atom. The maximum Gasteiger partial charge on any atom is 0.146 e. The van der Waals surface area contributed by atoms with E-state index in [1.54, 1.807) is 7.11 Å². The Balaban J connectivity index is 1.80. The Morgan fingerprint density at radius 2 is 1.56 bits per heavy atom. The molecule has 0 atom stereocenters. The highest BCUT2D eigenvalue weighted by Gasteiger charge is 2.14. The Morgan fingerprint density at radius 1 is 0.880 bits per heavy atom. The van der Waals surface area contributed by atoms with Crippen molar-refractivity contribution in [3.8, 4) is 22.5 Å². The summed E-state index contributed by atoms with van der Waals surface area (Å²) in [4.78, 5) is 4.70. The van der Waals surface area contributed by atoms with Crippen molar-refractivity contribution in [2.24, 2.45) is 0 Å². The molecule has 0 spiro atoms. The van der Waals surface area contributed by atoms with E-state index >= 15 is 0 Å². The fraction of sp³-hybridized carbons (Fsp3) is 0.286. The third kappa shape index (κ3) is 4.56. The van der Waals surface area contributed by atoms with E-state index in [1.165, 1.54) is 11.3 Å². The van der Waals surface area contributed by atoms with Gasteiger partial charge in [0.1, 0.15) is 6.79 Å². The molecule has 0 aliphatic carbocycles. The molecule has 0 unspecified atom stereocenters. The number of methoxy groups -OCH3 is 1. The third-order valence-electron chi connectivity index (χ3n) is 4.07. The SMILES string of the molecule is COCOCCCCn1cnc(-c2ccccc2)c1-c1ccccc1. The normalized spacial score (nSPS) is 10.9. The van der Waals surface area contributed by atoms with Crippen molar-refractivity contribution in [3.05, 3.63) is 67.0 Å². The van der Waals surface area contributed by atoms with Crippen molar-refractivity contribution in [1.29, 1.82) is 0 Å². The summed E-state index contributed by atoms with van der Waals surface area (Å²) in [5, 5.41) is 0. The topological polar surface area (TPSA) is 36.3 Å². The molecule has 3 rings (SSSR count). The second kappa shape index (κ2) is 9.16. The lowest BCUT2D eigenvalue weighted by Gasteiger charge is -2.11. The zero-order valence-corrected chi connectivity index (χ0v) is 14.6. The number of rotatable bonds is 9. The predicted molar refractivity (Wildman–Crippen MR) is 100 cm³/mol. The Labute approximate surface area is 149 Å². The van der Waals surface area contributed by atoms with E-state index in [0.29, 0.717) is 6.79 Å². The van der Waals surface area contributed by atoms with E-state index in [2.05, 4.69) is 53.1 Å². The number of ether oxygens (including phenoxy) is 2. The minimum absolute atomic E-state index is 0.360. The number of nitrogens with zero attached hydrogens (tertiary/aromatic N) is 2. The van der Waals surface area contributed by atoms with Gasteiger partial charge in [-0.15, -0.1) is 0 Å². The van der Waals surface area contributed by atoms with Crippen LogP contribution in [0.5, 0.6) is 0 Å². The molecule has 130 valence electrons. The summed E-state index contributed by atoms with van der Waals surface area (Å²) < 4.78 is 12.5. The molecule has 0 aliphatic heterocycles. The lowest BCUT2D eigenvalue weighted by molar-refractivity contribution is -0.0316. The van der Waals surface area contributed by atoms with Crippen LogP contribution in [0.1, 0.15) is 12.8 Å². The standard InChI is InChI=1S/C21H24N2O2/c1-24-17-25-15-9-8-14-23-16-22-20(18-10-4-2-5-11-18)21(23)19-12-6-3-7-13-19/h2-7,10-13,16H,8-9,14-15,17H2,1H3. The highest BCUT2D eigenvalue weighted by atomic mass is 16.7. The van der Waals surface area contributed by atoms with E-state index in [0.717, 1.165) is 37.3 Å². The molecule has 0 N–H and O–H groups in total. The smallest absolute Gasteiger partial charge is 0.146 e. The van der Waals surface area contributed by atoms with Gasteiger partial charge >= 0.3 is 0 Å². The largest absolute Gasteiger partial charge is 0.359 e. The van der Waals surface area contributed by atoms with Gasteiger partial charge in [0.2, 0.25) is 0 Å². The number of unbranched alkanes of at least 4 members (excludes halogenated alkanes) is 1. The maximum atomic E-state index is 5.36. The van der Waals surface area contributed by atoms with E-state index in [1.807, 2.05) is 18.5 Å². The van der Waals surface area contributed by atoms with Crippen LogP contribution < -0.4 is 0 Å². The van der Waals surface area contributed by atoms with Crippen molar-refractivity contribution in [1.82, 2.24) is 9.55 Å². The van der Waals surface area contributed by atoms with Gasteiger partial charge in [-0.3, -0.25) is 0 Å². The van der Waals surface area contributed by atoms with Crippen LogP contribution in [-0.2, 0) is 16.0 Å². The molecule has 0 bridgehead atoms. The Kier molecular flexibility index (Phi) is 6.37. The van der Waals surface area contributed by atoms with E-state index in [9.17, 15) is 0 Å². The first-order valence-electron chi connectivity index (χ1n) is 8.63. The van der Waals surface area contributed by atoms with Crippen LogP contribution >= 0.6 is 0 Å². The molecule has 0 saturated carbocycles. The average Bonchev–Trinajstić information content (AvgIpc) is 3.10. The first-order valence-corrected chi connectivity index (χ1v) is 8.63. The highest BCUT2D eigenvalue weighted by Crippen LogP contribution is 2.31. The molecule has 4 heteroatoms. The summed E-state index contributed by atoms with van der Waals surface area (Å²) in [6.45, 7) is 1.99. The minimum Gasteiger partial charge on any atom is -0.359 e. The second-order valence-corrected chi connectivity index (χ2v) is 5.89. The third-order valence-corrected chi connectivity index (χ3v) is 4.07. The predicted octanol–water partition coefficient (Wildman–Crippen LogP) is 4.62. The Bertz CT molecular complexity index is 754. The molecule has 0 fully saturated rings. The van der Waals surface area contributed by atoms with E-state index in [-0.39, 0.29) is 0 Å². The van der Waals surface area contributed by atoms with Gasteiger partial charge in [0.25, 0.3) is 0 Å². The molecular weight excluding hydrogens is 312 g/mol. The van der Waals surface area contributed by atoms with Crippen molar-refractivity contribution in [3.63, 3.8) is 0 Å². The lowest BCUT2D eigenvalue weighted by Crippen LogP contribution is -2.03. The summed E-state index contributed by atoms with van der Waals surface area (Å²) in [6.07, 6.45) is 3.98. The molecular formula is C21H24N2O2. The summed E-state index contributed by atoms with van der Waals surface area (Å²) >= 11 is 0. The molecule has 1 aromatic heterocycles. The molecule has 3 aromatic rings. The van der Waals surface area contributed by atoms with Crippen molar-refractivity contribution >= 4 is 0 Å². The van der Waals surface area contributed by atoms with Crippen LogP contribution in [0.2, 0.25) is 0 Å². The number of imidazole rings is 1. The minimum atomic E-state index is 0.360. The van der Waals surface area contributed by atoms with Gasteiger partial charge in [-0.2, -0.15) is 0 Å². The zero-order chi connectivity index (χ0) is 17.3. The van der Waals surface area contributed by atoms with E-state index in [4.69, 9.17) is 14.5 Å². The molecule has 0 radical (unpaired) electrons. The van der Waals surface area contributed by atoms with Gasteiger partial charge in [-0.25, -0.2) is 4.98 Å². The number of hydrogen-bond acceptors (Lipinski definition) is 3. The van der Waals surface area contributed by atoms with Crippen molar-refractivity contribution < 1.29 is 9.47 Å². The number of hydrogen-bond donors (Lipinski definition) is 0. The van der Waals surface area contributed by atoms with Gasteiger partial charge < -0.3 is 14.0 Å². The van der Waals surface area contributed by atoms with Crippen LogP contribution in [0.15, 0.2) is 67.0 Å². The molecule has 0 aliphatic rings. The van der Waals surface area contributed by atoms with Crippen molar-refractivity contribution in [2.75, 3.05) is 20.5 Å². The van der Waals surface area contributed by atoms with Crippen molar-refractivity contribution in [2.45, 2.75) is 19.4 Å². The molecule has 1 heterocycles. The zero-order valence-electron chi connectivity index (χ0n) is 14.6. The molecule has 25 heavy (non-hydrogen) atoms. The van der Waals surface area contributed by atoms with Crippen LogP contribution in [0.4, 0.5) is 0 Å². The maximum absolute atomic E-state index is 5.36. The number of aromatic nitrogens is 2. The Hall–Kier alpha value is -2.43. The molecule has 2 aromatic carbocycles. The highest BCUT2D eigenvalue weighted by molar-refractivity contribution is 5.78. The van der Waals surface area contributed by atoms with Gasteiger partial charge in [-0.05, 0) is 12.8 Å². The molecule has 0 saturated heterocycles. The fourth-order valence-corrected chi connectivity index (χ4v) is 2.89. The summed E-state index contributed by atoms with van der Waals surface area (Å²) in [6, 6.07) is 20.8. The van der Waals surface area contributed by atoms with Crippen LogP contribution in [0.3, 0.4) is 0 Å². The van der Waals surface area contributed by atoms with Crippen LogP contribution in [0.25, 0.3) is 22.5 Å². The first-order chi connectivity index (χ1) is 12.4. The second-order valence-electron chi connectivity index (χ2n) is 5.89. The van der Waals surface area contributed by atoms with Crippen LogP contribution in [-0.4, -0.2) is 30.1 Å². The number of benzene rings is 2. The fourth-order valence-electron chi connectivity index (χ4n) is 2.89. The number of aryl methyl sites for hydroxylation is 1. The lowest BCUT2D eigenvalue weighted by atomic mass is 10.0. The van der Waals surface area contributed by atoms with E-state index < -0.39 is 0 Å².